The lowest BCUT2D eigenvalue weighted by Gasteiger charge is -2.23. The van der Waals surface area contributed by atoms with Gasteiger partial charge in [-0.25, -0.2) is 0 Å². The van der Waals surface area contributed by atoms with Gasteiger partial charge in [-0.2, -0.15) is 0 Å². The van der Waals surface area contributed by atoms with Crippen molar-refractivity contribution in [1.29, 1.82) is 0 Å². The van der Waals surface area contributed by atoms with Crippen LogP contribution in [0.3, 0.4) is 0 Å². The summed E-state index contributed by atoms with van der Waals surface area (Å²) in [6.07, 6.45) is 1.73. The van der Waals surface area contributed by atoms with Gasteiger partial charge in [-0.05, 0) is 34.7 Å². The smallest absolute Gasteiger partial charge is 0.295 e. The second-order valence-electron chi connectivity index (χ2n) is 6.92. The Balaban J connectivity index is 1.85. The number of hydrogen-bond acceptors (Lipinski definition) is 4. The first-order valence-electron chi connectivity index (χ1n) is 9.42. The lowest BCUT2D eigenvalue weighted by molar-refractivity contribution is -0.139. The monoisotopic (exact) mass is 391 g/mol. The number of nitrogens with zero attached hydrogens (tertiary/aromatic N) is 1. The summed E-state index contributed by atoms with van der Waals surface area (Å²) in [5.74, 6) is -1.25. The Morgan fingerprint density at radius 3 is 2.57 bits per heavy atom. The maximum atomic E-state index is 12.9. The number of rotatable bonds is 5. The van der Waals surface area contributed by atoms with Gasteiger partial charge in [0.2, 0.25) is 0 Å². The third-order valence-corrected chi connectivity index (χ3v) is 6.05. The molecular weight excluding hydrogens is 370 g/mol. The Labute approximate surface area is 167 Å². The van der Waals surface area contributed by atoms with Crippen LogP contribution in [0.1, 0.15) is 36.2 Å². The van der Waals surface area contributed by atoms with Gasteiger partial charge < -0.3 is 10.0 Å². The normalized spacial score (nSPS) is 18.9. The van der Waals surface area contributed by atoms with Crippen molar-refractivity contribution in [3.63, 3.8) is 0 Å². The van der Waals surface area contributed by atoms with Crippen LogP contribution in [0, 0.1) is 0 Å². The summed E-state index contributed by atoms with van der Waals surface area (Å²) in [5.41, 5.74) is 0.729. The zero-order valence-electron chi connectivity index (χ0n) is 15.6. The number of ketones is 1. The summed E-state index contributed by atoms with van der Waals surface area (Å²) in [6, 6.07) is 16.7. The van der Waals surface area contributed by atoms with Crippen molar-refractivity contribution in [2.24, 2.45) is 0 Å². The maximum Gasteiger partial charge on any atom is 0.295 e. The first kappa shape index (κ1) is 18.4. The zero-order valence-corrected chi connectivity index (χ0v) is 16.4. The molecule has 0 saturated carbocycles. The molecule has 0 spiro atoms. The van der Waals surface area contributed by atoms with Gasteiger partial charge in [0, 0.05) is 17.0 Å². The van der Waals surface area contributed by atoms with E-state index in [2.05, 4.69) is 0 Å². The summed E-state index contributed by atoms with van der Waals surface area (Å²) in [7, 11) is 0. The number of hydrogen-bond donors (Lipinski definition) is 1. The van der Waals surface area contributed by atoms with Gasteiger partial charge in [0.1, 0.15) is 5.76 Å². The largest absolute Gasteiger partial charge is 0.507 e. The highest BCUT2D eigenvalue weighted by Gasteiger charge is 2.46. The number of carbonyl (C=O) groups excluding carboxylic acids is 2. The quantitative estimate of drug-likeness (QED) is 0.373. The molecule has 1 amide bonds. The van der Waals surface area contributed by atoms with Gasteiger partial charge in [-0.1, -0.05) is 55.8 Å². The molecule has 2 aromatic carbocycles. The van der Waals surface area contributed by atoms with Gasteiger partial charge in [-0.3, -0.25) is 9.59 Å². The Kier molecular flexibility index (Phi) is 5.01. The van der Waals surface area contributed by atoms with Gasteiger partial charge in [0.25, 0.3) is 11.7 Å². The SMILES string of the molecule is CCCCN1C(=O)C(=O)/C(=C(\O)c2ccc3ccccc3c2)C1c1cccs1. The number of amides is 1. The van der Waals surface area contributed by atoms with Crippen molar-refractivity contribution in [3.05, 3.63) is 76.0 Å². The minimum Gasteiger partial charge on any atom is -0.507 e. The average molecular weight is 391 g/mol. The van der Waals surface area contributed by atoms with Crippen LogP contribution in [0.15, 0.2) is 65.6 Å². The molecule has 1 aromatic heterocycles. The van der Waals surface area contributed by atoms with E-state index in [1.807, 2.05) is 60.8 Å². The molecular formula is C23H21NO3S. The molecule has 5 heteroatoms. The molecule has 1 aliphatic heterocycles. The molecule has 28 heavy (non-hydrogen) atoms. The van der Waals surface area contributed by atoms with Crippen LogP contribution < -0.4 is 0 Å². The lowest BCUT2D eigenvalue weighted by atomic mass is 9.98. The molecule has 0 aliphatic carbocycles. The number of fused-ring (bicyclic) bond motifs is 1. The highest BCUT2D eigenvalue weighted by molar-refractivity contribution is 7.10. The first-order chi connectivity index (χ1) is 13.6. The molecule has 0 bridgehead atoms. The molecule has 3 aromatic rings. The first-order valence-corrected chi connectivity index (χ1v) is 10.3. The number of unbranched alkanes of at least 4 members (excludes halogenated alkanes) is 1. The van der Waals surface area contributed by atoms with Crippen LogP contribution in [0.25, 0.3) is 16.5 Å². The standard InChI is InChI=1S/C23H21NO3S/c1-2-3-12-24-20(18-9-6-13-28-18)19(22(26)23(24)27)21(25)17-11-10-15-7-4-5-8-16(15)14-17/h4-11,13-14,20,25H,2-3,12H2,1H3/b21-19-. The molecule has 1 fully saturated rings. The molecule has 1 unspecified atom stereocenters. The third kappa shape index (κ3) is 3.12. The molecule has 4 rings (SSSR count). The fraction of sp³-hybridized carbons (Fsp3) is 0.217. The van der Waals surface area contributed by atoms with Gasteiger partial charge >= 0.3 is 0 Å². The summed E-state index contributed by atoms with van der Waals surface area (Å²) in [5, 5.41) is 15.0. The summed E-state index contributed by atoms with van der Waals surface area (Å²) >= 11 is 1.49. The Hall–Kier alpha value is -2.92. The number of aliphatic hydroxyl groups is 1. The lowest BCUT2D eigenvalue weighted by Crippen LogP contribution is -2.30. The van der Waals surface area contributed by atoms with Crippen LogP contribution in [0.2, 0.25) is 0 Å². The molecule has 1 atom stereocenters. The van der Waals surface area contributed by atoms with Crippen LogP contribution in [-0.2, 0) is 9.59 Å². The van der Waals surface area contributed by atoms with E-state index in [0.717, 1.165) is 28.5 Å². The van der Waals surface area contributed by atoms with Crippen molar-refractivity contribution < 1.29 is 14.7 Å². The predicted molar refractivity (Wildman–Crippen MR) is 112 cm³/mol. The van der Waals surface area contributed by atoms with E-state index in [4.69, 9.17) is 0 Å². The molecule has 4 nitrogen and oxygen atoms in total. The van der Waals surface area contributed by atoms with Crippen LogP contribution in [0.4, 0.5) is 0 Å². The van der Waals surface area contributed by atoms with Gasteiger partial charge in [0.05, 0.1) is 11.6 Å². The zero-order chi connectivity index (χ0) is 19.7. The van der Waals surface area contributed by atoms with E-state index in [-0.39, 0.29) is 11.3 Å². The average Bonchev–Trinajstić information content (AvgIpc) is 3.33. The fourth-order valence-corrected chi connectivity index (χ4v) is 4.52. The second-order valence-corrected chi connectivity index (χ2v) is 7.90. The molecule has 1 N–H and O–H groups in total. The Morgan fingerprint density at radius 1 is 1.07 bits per heavy atom. The number of carbonyl (C=O) groups is 2. The van der Waals surface area contributed by atoms with E-state index in [0.29, 0.717) is 12.1 Å². The van der Waals surface area contributed by atoms with E-state index < -0.39 is 17.7 Å². The van der Waals surface area contributed by atoms with E-state index >= 15 is 0 Å². The van der Waals surface area contributed by atoms with Gasteiger partial charge in [0.15, 0.2) is 0 Å². The minimum absolute atomic E-state index is 0.110. The molecule has 0 radical (unpaired) electrons. The van der Waals surface area contributed by atoms with E-state index in [9.17, 15) is 14.7 Å². The minimum atomic E-state index is -0.611. The van der Waals surface area contributed by atoms with Crippen LogP contribution in [-0.4, -0.2) is 28.2 Å². The number of Topliss-reactive ketones (excluding diaryl/α,β-unsaturated/α-hetero) is 1. The maximum absolute atomic E-state index is 12.9. The highest BCUT2D eigenvalue weighted by Crippen LogP contribution is 2.41. The highest BCUT2D eigenvalue weighted by atomic mass is 32.1. The molecule has 2 heterocycles. The third-order valence-electron chi connectivity index (χ3n) is 5.13. The Morgan fingerprint density at radius 2 is 1.86 bits per heavy atom. The van der Waals surface area contributed by atoms with Crippen molar-refractivity contribution in [3.8, 4) is 0 Å². The summed E-state index contributed by atoms with van der Waals surface area (Å²) < 4.78 is 0. The molecule has 1 saturated heterocycles. The van der Waals surface area contributed by atoms with Crippen LogP contribution >= 0.6 is 11.3 Å². The number of thiophene rings is 1. The molecule has 1 aliphatic rings. The summed E-state index contributed by atoms with van der Waals surface area (Å²) in [6.45, 7) is 2.55. The predicted octanol–water partition coefficient (Wildman–Crippen LogP) is 5.12. The second kappa shape index (κ2) is 7.60. The fourth-order valence-electron chi connectivity index (χ4n) is 3.67. The van der Waals surface area contributed by atoms with Crippen molar-refractivity contribution in [1.82, 2.24) is 4.90 Å². The van der Waals surface area contributed by atoms with Gasteiger partial charge in [-0.15, -0.1) is 11.3 Å². The summed E-state index contributed by atoms with van der Waals surface area (Å²) in [4.78, 5) is 28.1. The Bertz CT molecular complexity index is 1070. The number of benzene rings is 2. The molecule has 142 valence electrons. The van der Waals surface area contributed by atoms with Crippen molar-refractivity contribution in [2.45, 2.75) is 25.8 Å². The number of aliphatic hydroxyl groups excluding tert-OH is 1. The van der Waals surface area contributed by atoms with E-state index in [1.165, 1.54) is 11.3 Å². The van der Waals surface area contributed by atoms with Crippen molar-refractivity contribution in [2.75, 3.05) is 6.54 Å². The van der Waals surface area contributed by atoms with Crippen molar-refractivity contribution >= 4 is 39.6 Å². The number of likely N-dealkylation sites (tertiary alicyclic amines) is 1. The topological polar surface area (TPSA) is 57.6 Å². The van der Waals surface area contributed by atoms with Crippen LogP contribution in [0.5, 0.6) is 0 Å². The van der Waals surface area contributed by atoms with E-state index in [1.54, 1.807) is 11.0 Å².